The molecule has 5 nitrogen and oxygen atoms in total. The van der Waals surface area contributed by atoms with Crippen LogP contribution in [0.25, 0.3) is 0 Å². The normalized spacial score (nSPS) is 28.2. The Kier molecular flexibility index (Phi) is 8.05. The van der Waals surface area contributed by atoms with E-state index in [0.717, 1.165) is 11.1 Å². The molecule has 0 bridgehead atoms. The second-order valence-electron chi connectivity index (χ2n) is 6.43. The Morgan fingerprint density at radius 3 is 1.89 bits per heavy atom. The maximum absolute atomic E-state index is 9.69. The van der Waals surface area contributed by atoms with Gasteiger partial charge < -0.3 is 24.1 Å². The summed E-state index contributed by atoms with van der Waals surface area (Å²) in [5.41, 5.74) is 2.16. The summed E-state index contributed by atoms with van der Waals surface area (Å²) in [5.74, 6) is 0. The molecule has 146 valence electrons. The van der Waals surface area contributed by atoms with Crippen molar-refractivity contribution in [3.05, 3.63) is 71.8 Å². The number of rotatable bonds is 8. The van der Waals surface area contributed by atoms with E-state index in [1.165, 1.54) is 0 Å². The molecule has 1 saturated heterocycles. The second-order valence-corrected chi connectivity index (χ2v) is 7.87. The van der Waals surface area contributed by atoms with Crippen LogP contribution in [0.4, 0.5) is 0 Å². The third kappa shape index (κ3) is 5.49. The molecule has 2 aromatic rings. The molecule has 1 fully saturated rings. The lowest BCUT2D eigenvalue weighted by Crippen LogP contribution is -2.58. The number of alkyl halides is 1. The third-order valence-corrected chi connectivity index (χ3v) is 6.06. The van der Waals surface area contributed by atoms with Crippen LogP contribution in [0.15, 0.2) is 60.7 Å². The molecule has 27 heavy (non-hydrogen) atoms. The Balaban J connectivity index is 1.73. The standard InChI is InChI=1S/C21H25IO5/c1-24-21-20(26-14-16-10-6-3-7-11-16)19(18(22)17(12-23)27-21)25-13-15-8-4-2-5-9-15/h2-11,17-21,23H,12-14H2,1H3/t17-,18+,19+,20-,21+/m1/s1. The van der Waals surface area contributed by atoms with Crippen LogP contribution in [0.5, 0.6) is 0 Å². The van der Waals surface area contributed by atoms with Gasteiger partial charge in [-0.1, -0.05) is 83.3 Å². The van der Waals surface area contributed by atoms with Crippen LogP contribution in [0.1, 0.15) is 11.1 Å². The number of ether oxygens (including phenoxy) is 4. The first-order chi connectivity index (χ1) is 13.2. The highest BCUT2D eigenvalue weighted by atomic mass is 127. The smallest absolute Gasteiger partial charge is 0.186 e. The minimum Gasteiger partial charge on any atom is -0.394 e. The maximum Gasteiger partial charge on any atom is 0.186 e. The summed E-state index contributed by atoms with van der Waals surface area (Å²) in [6.45, 7) is 0.807. The van der Waals surface area contributed by atoms with E-state index in [-0.39, 0.29) is 22.7 Å². The SMILES string of the molecule is CO[C@H]1O[C@H](CO)[C@H](I)[C@H](OCc2ccccc2)[C@H]1OCc1ccccc1. The van der Waals surface area contributed by atoms with E-state index in [9.17, 15) is 5.11 Å². The average molecular weight is 484 g/mol. The quantitative estimate of drug-likeness (QED) is 0.461. The van der Waals surface area contributed by atoms with Crippen LogP contribution in [0.3, 0.4) is 0 Å². The van der Waals surface area contributed by atoms with Gasteiger partial charge in [-0.3, -0.25) is 0 Å². The lowest BCUT2D eigenvalue weighted by Gasteiger charge is -2.43. The van der Waals surface area contributed by atoms with Crippen molar-refractivity contribution in [2.45, 2.75) is 41.7 Å². The van der Waals surface area contributed by atoms with Gasteiger partial charge in [0.05, 0.1) is 29.8 Å². The van der Waals surface area contributed by atoms with Gasteiger partial charge in [0.15, 0.2) is 6.29 Å². The Morgan fingerprint density at radius 2 is 1.41 bits per heavy atom. The van der Waals surface area contributed by atoms with Gasteiger partial charge in [0.1, 0.15) is 12.2 Å². The lowest BCUT2D eigenvalue weighted by molar-refractivity contribution is -0.279. The van der Waals surface area contributed by atoms with Crippen molar-refractivity contribution in [3.8, 4) is 0 Å². The monoisotopic (exact) mass is 484 g/mol. The number of aliphatic hydroxyl groups excluding tert-OH is 1. The first-order valence-corrected chi connectivity index (χ1v) is 10.2. The molecule has 1 heterocycles. The van der Waals surface area contributed by atoms with Gasteiger partial charge >= 0.3 is 0 Å². The molecule has 0 radical (unpaired) electrons. The van der Waals surface area contributed by atoms with Crippen molar-refractivity contribution in [2.24, 2.45) is 0 Å². The van der Waals surface area contributed by atoms with Gasteiger partial charge in [0.2, 0.25) is 0 Å². The van der Waals surface area contributed by atoms with E-state index in [1.807, 2.05) is 60.7 Å². The predicted molar refractivity (Wildman–Crippen MR) is 111 cm³/mol. The molecule has 1 aliphatic heterocycles. The summed E-state index contributed by atoms with van der Waals surface area (Å²) >= 11 is 2.27. The number of aliphatic hydroxyl groups is 1. The maximum atomic E-state index is 9.69. The molecular formula is C21H25IO5. The summed E-state index contributed by atoms with van der Waals surface area (Å²) in [6, 6.07) is 20.0. The molecule has 3 rings (SSSR count). The highest BCUT2D eigenvalue weighted by Gasteiger charge is 2.46. The summed E-state index contributed by atoms with van der Waals surface area (Å²) in [5, 5.41) is 9.69. The summed E-state index contributed by atoms with van der Waals surface area (Å²) in [7, 11) is 1.58. The number of hydrogen-bond donors (Lipinski definition) is 1. The number of hydrogen-bond acceptors (Lipinski definition) is 5. The number of methoxy groups -OCH3 is 1. The summed E-state index contributed by atoms with van der Waals surface area (Å²) < 4.78 is 23.8. The Hall–Kier alpha value is -1.03. The zero-order valence-electron chi connectivity index (χ0n) is 15.2. The van der Waals surface area contributed by atoms with Crippen molar-refractivity contribution >= 4 is 22.6 Å². The lowest BCUT2D eigenvalue weighted by atomic mass is 10.0. The van der Waals surface area contributed by atoms with E-state index in [0.29, 0.717) is 13.2 Å². The van der Waals surface area contributed by atoms with Crippen LogP contribution in [-0.4, -0.2) is 47.3 Å². The number of benzene rings is 2. The van der Waals surface area contributed by atoms with Gasteiger partial charge in [-0.15, -0.1) is 0 Å². The fourth-order valence-electron chi connectivity index (χ4n) is 3.10. The van der Waals surface area contributed by atoms with E-state index < -0.39 is 12.4 Å². The van der Waals surface area contributed by atoms with Crippen molar-refractivity contribution in [1.82, 2.24) is 0 Å². The van der Waals surface area contributed by atoms with Crippen LogP contribution in [0.2, 0.25) is 0 Å². The van der Waals surface area contributed by atoms with Crippen LogP contribution >= 0.6 is 22.6 Å². The summed E-state index contributed by atoms with van der Waals surface area (Å²) in [4.78, 5) is 0. The van der Waals surface area contributed by atoms with Crippen LogP contribution < -0.4 is 0 Å². The Bertz CT molecular complexity index is 669. The van der Waals surface area contributed by atoms with Gasteiger partial charge in [-0.25, -0.2) is 0 Å². The molecule has 2 aromatic carbocycles. The Morgan fingerprint density at radius 1 is 0.889 bits per heavy atom. The van der Waals surface area contributed by atoms with Gasteiger partial charge in [0.25, 0.3) is 0 Å². The van der Waals surface area contributed by atoms with Crippen LogP contribution in [-0.2, 0) is 32.2 Å². The predicted octanol–water partition coefficient (Wildman–Crippen LogP) is 3.32. The first kappa shape index (κ1) is 20.7. The van der Waals surface area contributed by atoms with E-state index >= 15 is 0 Å². The molecule has 0 saturated carbocycles. The zero-order valence-corrected chi connectivity index (χ0v) is 17.4. The molecule has 0 amide bonds. The molecule has 5 atom stereocenters. The zero-order chi connectivity index (χ0) is 19.1. The molecule has 0 spiro atoms. The number of halogens is 1. The average Bonchev–Trinajstić information content (AvgIpc) is 2.73. The minimum atomic E-state index is -0.599. The van der Waals surface area contributed by atoms with Crippen molar-refractivity contribution < 1.29 is 24.1 Å². The highest BCUT2D eigenvalue weighted by molar-refractivity contribution is 14.1. The highest BCUT2D eigenvalue weighted by Crippen LogP contribution is 2.32. The topological polar surface area (TPSA) is 57.2 Å². The van der Waals surface area contributed by atoms with E-state index in [4.69, 9.17) is 18.9 Å². The van der Waals surface area contributed by atoms with E-state index in [2.05, 4.69) is 22.6 Å². The van der Waals surface area contributed by atoms with Gasteiger partial charge in [0, 0.05) is 7.11 Å². The molecule has 6 heteroatoms. The van der Waals surface area contributed by atoms with Crippen LogP contribution in [0, 0.1) is 0 Å². The molecule has 1 N–H and O–H groups in total. The van der Waals surface area contributed by atoms with E-state index in [1.54, 1.807) is 7.11 Å². The molecule has 0 unspecified atom stereocenters. The largest absolute Gasteiger partial charge is 0.394 e. The fourth-order valence-corrected chi connectivity index (χ4v) is 4.11. The first-order valence-electron chi connectivity index (χ1n) is 8.97. The van der Waals surface area contributed by atoms with Crippen molar-refractivity contribution in [2.75, 3.05) is 13.7 Å². The third-order valence-electron chi connectivity index (χ3n) is 4.55. The molecule has 1 aliphatic rings. The minimum absolute atomic E-state index is 0.0662. The molecule has 0 aliphatic carbocycles. The summed E-state index contributed by atoms with van der Waals surface area (Å²) in [6.07, 6.45) is -1.64. The van der Waals surface area contributed by atoms with Gasteiger partial charge in [-0.05, 0) is 11.1 Å². The molecular weight excluding hydrogens is 459 g/mol. The van der Waals surface area contributed by atoms with Gasteiger partial charge in [-0.2, -0.15) is 0 Å². The second kappa shape index (κ2) is 10.5. The van der Waals surface area contributed by atoms with Crippen molar-refractivity contribution in [3.63, 3.8) is 0 Å². The van der Waals surface area contributed by atoms with Crippen molar-refractivity contribution in [1.29, 1.82) is 0 Å². The molecule has 0 aromatic heterocycles. The fraction of sp³-hybridized carbons (Fsp3) is 0.429. The Labute approximate surface area is 173 Å².